The van der Waals surface area contributed by atoms with Crippen LogP contribution in [0, 0.1) is 17.8 Å². The normalized spacial score (nSPS) is 33.8. The lowest BCUT2D eigenvalue weighted by atomic mass is 10.1. The first-order chi connectivity index (χ1) is 7.33. The van der Waals surface area contributed by atoms with Gasteiger partial charge < -0.3 is 4.74 Å². The monoisotopic (exact) mass is 208 g/mol. The van der Waals surface area contributed by atoms with Gasteiger partial charge in [-0.05, 0) is 50.4 Å². The van der Waals surface area contributed by atoms with Crippen LogP contribution in [0.4, 0.5) is 0 Å². The van der Waals surface area contributed by atoms with Crippen LogP contribution in [0.5, 0.6) is 0 Å². The molecule has 2 heteroatoms. The van der Waals surface area contributed by atoms with Gasteiger partial charge in [-0.25, -0.2) is 0 Å². The Morgan fingerprint density at radius 3 is 2.40 bits per heavy atom. The Hall–Kier alpha value is -0.790. The molecular formula is C13H20O2. The molecule has 0 aromatic carbocycles. The highest BCUT2D eigenvalue weighted by atomic mass is 16.5. The van der Waals surface area contributed by atoms with Crippen molar-refractivity contribution < 1.29 is 9.53 Å². The number of ether oxygens (including phenoxy) is 1. The zero-order valence-electron chi connectivity index (χ0n) is 9.45. The van der Waals surface area contributed by atoms with Crippen LogP contribution >= 0.6 is 0 Å². The van der Waals surface area contributed by atoms with Crippen molar-refractivity contribution in [1.29, 1.82) is 0 Å². The van der Waals surface area contributed by atoms with Crippen LogP contribution in [-0.2, 0) is 9.53 Å². The highest BCUT2D eigenvalue weighted by Gasteiger charge is 2.49. The van der Waals surface area contributed by atoms with Gasteiger partial charge in [-0.1, -0.05) is 12.2 Å². The smallest absolute Gasteiger partial charge is 0.306 e. The number of rotatable bonds is 3. The predicted octanol–water partition coefficient (Wildman–Crippen LogP) is 2.93. The molecule has 0 spiro atoms. The molecule has 1 fully saturated rings. The number of allylic oxidation sites excluding steroid dienone is 2. The Morgan fingerprint density at radius 2 is 1.87 bits per heavy atom. The quantitative estimate of drug-likeness (QED) is 0.526. The molecule has 2 unspecified atom stereocenters. The molecule has 2 rings (SSSR count). The maximum absolute atomic E-state index is 11.4. The fraction of sp³-hybridized carbons (Fsp3) is 0.769. The summed E-state index contributed by atoms with van der Waals surface area (Å²) in [6.45, 7) is 2.39. The lowest BCUT2D eigenvalue weighted by Gasteiger charge is -2.00. The number of hydrogen-bond donors (Lipinski definition) is 0. The molecule has 2 atom stereocenters. The lowest BCUT2D eigenvalue weighted by molar-refractivity contribution is -0.143. The summed E-state index contributed by atoms with van der Waals surface area (Å²) in [5.41, 5.74) is 0. The van der Waals surface area contributed by atoms with E-state index in [0.29, 0.717) is 18.9 Å². The van der Waals surface area contributed by atoms with E-state index in [1.165, 1.54) is 25.7 Å². The molecule has 84 valence electrons. The van der Waals surface area contributed by atoms with Crippen molar-refractivity contribution in [3.8, 4) is 0 Å². The highest BCUT2D eigenvalue weighted by molar-refractivity contribution is 5.70. The zero-order valence-corrected chi connectivity index (χ0v) is 9.45. The van der Waals surface area contributed by atoms with Gasteiger partial charge in [0.05, 0.1) is 6.61 Å². The minimum Gasteiger partial charge on any atom is -0.466 e. The van der Waals surface area contributed by atoms with Crippen molar-refractivity contribution >= 4 is 5.97 Å². The first-order valence-electron chi connectivity index (χ1n) is 6.13. The van der Waals surface area contributed by atoms with Crippen LogP contribution in [0.3, 0.4) is 0 Å². The van der Waals surface area contributed by atoms with E-state index in [2.05, 4.69) is 12.2 Å². The molecule has 2 aliphatic rings. The molecule has 2 aliphatic carbocycles. The summed E-state index contributed by atoms with van der Waals surface area (Å²) < 4.78 is 5.01. The van der Waals surface area contributed by atoms with Crippen LogP contribution in [0.25, 0.3) is 0 Å². The predicted molar refractivity (Wildman–Crippen MR) is 59.3 cm³/mol. The van der Waals surface area contributed by atoms with E-state index in [-0.39, 0.29) is 5.97 Å². The van der Waals surface area contributed by atoms with E-state index in [0.717, 1.165) is 11.8 Å². The SMILES string of the molecule is CCOC(=O)CC1C2CCC=CCCC21. The van der Waals surface area contributed by atoms with Gasteiger partial charge in [0, 0.05) is 6.42 Å². The average molecular weight is 208 g/mol. The van der Waals surface area contributed by atoms with Gasteiger partial charge in [-0.2, -0.15) is 0 Å². The number of hydrogen-bond acceptors (Lipinski definition) is 2. The van der Waals surface area contributed by atoms with E-state index in [9.17, 15) is 4.79 Å². The third-order valence-electron chi connectivity index (χ3n) is 3.72. The van der Waals surface area contributed by atoms with Gasteiger partial charge >= 0.3 is 5.97 Å². The molecule has 0 aliphatic heterocycles. The van der Waals surface area contributed by atoms with Gasteiger partial charge in [0.1, 0.15) is 0 Å². The molecule has 0 bridgehead atoms. The van der Waals surface area contributed by atoms with Gasteiger partial charge in [-0.15, -0.1) is 0 Å². The summed E-state index contributed by atoms with van der Waals surface area (Å²) in [5.74, 6) is 2.24. The van der Waals surface area contributed by atoms with Crippen molar-refractivity contribution in [1.82, 2.24) is 0 Å². The summed E-state index contributed by atoms with van der Waals surface area (Å²) in [6.07, 6.45) is 10.2. The zero-order chi connectivity index (χ0) is 10.7. The Kier molecular flexibility index (Phi) is 3.45. The van der Waals surface area contributed by atoms with Gasteiger partial charge in [0.2, 0.25) is 0 Å². The Bertz CT molecular complexity index is 241. The van der Waals surface area contributed by atoms with Crippen LogP contribution < -0.4 is 0 Å². The summed E-state index contributed by atoms with van der Waals surface area (Å²) in [7, 11) is 0. The second kappa shape index (κ2) is 4.82. The average Bonchev–Trinajstić information content (AvgIpc) is 2.75. The van der Waals surface area contributed by atoms with Crippen LogP contribution in [0.2, 0.25) is 0 Å². The Balaban J connectivity index is 1.79. The minimum atomic E-state index is 0.00204. The Morgan fingerprint density at radius 1 is 1.27 bits per heavy atom. The number of carbonyl (C=O) groups excluding carboxylic acids is 1. The fourth-order valence-electron chi connectivity index (χ4n) is 2.91. The maximum atomic E-state index is 11.4. The van der Waals surface area contributed by atoms with Crippen molar-refractivity contribution in [3.63, 3.8) is 0 Å². The van der Waals surface area contributed by atoms with Crippen LogP contribution in [0.1, 0.15) is 39.0 Å². The number of carbonyl (C=O) groups is 1. The molecule has 15 heavy (non-hydrogen) atoms. The van der Waals surface area contributed by atoms with Crippen molar-refractivity contribution in [3.05, 3.63) is 12.2 Å². The molecule has 0 amide bonds. The van der Waals surface area contributed by atoms with Gasteiger partial charge in [-0.3, -0.25) is 4.79 Å². The standard InChI is InChI=1S/C13H20O2/c1-2-15-13(14)9-12-10-7-5-3-4-6-8-11(10)12/h3-4,10-12H,2,5-9H2,1H3. The molecule has 0 saturated heterocycles. The topological polar surface area (TPSA) is 26.3 Å². The molecular weight excluding hydrogens is 188 g/mol. The first-order valence-corrected chi connectivity index (χ1v) is 6.13. The van der Waals surface area contributed by atoms with Gasteiger partial charge in [0.25, 0.3) is 0 Å². The summed E-state index contributed by atoms with van der Waals surface area (Å²) >= 11 is 0. The lowest BCUT2D eigenvalue weighted by Crippen LogP contribution is -2.05. The summed E-state index contributed by atoms with van der Waals surface area (Å²) in [5, 5.41) is 0. The second-order valence-corrected chi connectivity index (χ2v) is 4.63. The van der Waals surface area contributed by atoms with E-state index in [1.807, 2.05) is 6.92 Å². The highest BCUT2D eigenvalue weighted by Crippen LogP contribution is 2.54. The Labute approximate surface area is 91.7 Å². The third-order valence-corrected chi connectivity index (χ3v) is 3.72. The van der Waals surface area contributed by atoms with Crippen LogP contribution in [0.15, 0.2) is 12.2 Å². The van der Waals surface area contributed by atoms with E-state index in [4.69, 9.17) is 4.74 Å². The molecule has 0 radical (unpaired) electrons. The number of esters is 1. The molecule has 0 aromatic rings. The molecule has 0 N–H and O–H groups in total. The second-order valence-electron chi connectivity index (χ2n) is 4.63. The molecule has 2 nitrogen and oxygen atoms in total. The van der Waals surface area contributed by atoms with E-state index >= 15 is 0 Å². The molecule has 1 saturated carbocycles. The summed E-state index contributed by atoms with van der Waals surface area (Å²) in [4.78, 5) is 11.4. The van der Waals surface area contributed by atoms with Crippen molar-refractivity contribution in [2.75, 3.05) is 6.61 Å². The van der Waals surface area contributed by atoms with Crippen molar-refractivity contribution in [2.24, 2.45) is 17.8 Å². The molecule has 0 aromatic heterocycles. The minimum absolute atomic E-state index is 0.00204. The number of fused-ring (bicyclic) bond motifs is 1. The largest absolute Gasteiger partial charge is 0.466 e. The fourth-order valence-corrected chi connectivity index (χ4v) is 2.91. The van der Waals surface area contributed by atoms with Gasteiger partial charge in [0.15, 0.2) is 0 Å². The first kappa shape index (κ1) is 10.7. The van der Waals surface area contributed by atoms with Crippen LogP contribution in [-0.4, -0.2) is 12.6 Å². The summed E-state index contributed by atoms with van der Waals surface area (Å²) in [6, 6.07) is 0. The van der Waals surface area contributed by atoms with E-state index in [1.54, 1.807) is 0 Å². The third kappa shape index (κ3) is 2.61. The maximum Gasteiger partial charge on any atom is 0.306 e. The van der Waals surface area contributed by atoms with E-state index < -0.39 is 0 Å². The van der Waals surface area contributed by atoms with Crippen molar-refractivity contribution in [2.45, 2.75) is 39.0 Å². The molecule has 0 heterocycles.